The minimum atomic E-state index is -0.342. The van der Waals surface area contributed by atoms with E-state index in [0.29, 0.717) is 39.4 Å². The quantitative estimate of drug-likeness (QED) is 0.271. The molecule has 0 unspecified atom stereocenters. The van der Waals surface area contributed by atoms with Gasteiger partial charge >= 0.3 is 0 Å². The van der Waals surface area contributed by atoms with Crippen LogP contribution in [-0.2, 0) is 6.61 Å². The van der Waals surface area contributed by atoms with Crippen molar-refractivity contribution in [2.45, 2.75) is 13.5 Å². The monoisotopic (exact) mass is 573 g/mol. The van der Waals surface area contributed by atoms with Gasteiger partial charge in [0, 0.05) is 14.5 Å². The molecule has 0 atom stereocenters. The number of hydrogen-bond acceptors (Lipinski definition) is 5. The first kappa shape index (κ1) is 23.1. The van der Waals surface area contributed by atoms with Crippen molar-refractivity contribution in [3.63, 3.8) is 0 Å². The summed E-state index contributed by atoms with van der Waals surface area (Å²) in [5, 5.41) is 4.83. The number of ether oxygens (including phenoxy) is 2. The first-order chi connectivity index (χ1) is 15.9. The molecule has 0 aliphatic heterocycles. The van der Waals surface area contributed by atoms with Crippen LogP contribution < -0.4 is 15.0 Å². The van der Waals surface area contributed by atoms with Crippen LogP contribution in [-0.4, -0.2) is 23.0 Å². The van der Waals surface area contributed by atoms with Crippen molar-refractivity contribution >= 4 is 49.0 Å². The predicted octanol–water partition coefficient (Wildman–Crippen LogP) is 5.84. The Kier molecular flexibility index (Phi) is 6.90. The zero-order valence-electron chi connectivity index (χ0n) is 17.7. The summed E-state index contributed by atoms with van der Waals surface area (Å²) in [4.78, 5) is 17.5. The van der Waals surface area contributed by atoms with Gasteiger partial charge < -0.3 is 9.47 Å². The standard InChI is InChI=1S/C24H18Br2FN3O3/c1-14-29-21-7-6-17(25)10-20(21)24(31)30(14)28-12-16-9-18(26)11-22(32-2)23(16)33-13-15-4-3-5-19(27)8-15/h3-12H,13H2,1-2H3. The molecule has 1 aromatic heterocycles. The van der Waals surface area contributed by atoms with Crippen LogP contribution in [0.2, 0.25) is 0 Å². The molecule has 0 bridgehead atoms. The molecule has 6 nitrogen and oxygen atoms in total. The van der Waals surface area contributed by atoms with Crippen molar-refractivity contribution in [1.29, 1.82) is 0 Å². The number of hydrogen-bond donors (Lipinski definition) is 0. The fraction of sp³-hybridized carbons (Fsp3) is 0.125. The number of benzene rings is 3. The topological polar surface area (TPSA) is 65.7 Å². The van der Waals surface area contributed by atoms with Crippen molar-refractivity contribution in [1.82, 2.24) is 9.66 Å². The van der Waals surface area contributed by atoms with E-state index in [-0.39, 0.29) is 18.0 Å². The Morgan fingerprint density at radius 3 is 2.70 bits per heavy atom. The van der Waals surface area contributed by atoms with E-state index in [2.05, 4.69) is 41.9 Å². The van der Waals surface area contributed by atoms with E-state index >= 15 is 0 Å². The zero-order chi connectivity index (χ0) is 23.5. The van der Waals surface area contributed by atoms with E-state index in [1.165, 1.54) is 30.1 Å². The highest BCUT2D eigenvalue weighted by molar-refractivity contribution is 9.10. The van der Waals surface area contributed by atoms with Gasteiger partial charge in [-0.15, -0.1) is 0 Å². The number of rotatable bonds is 6. The molecule has 9 heteroatoms. The molecular formula is C24H18Br2FN3O3. The maximum Gasteiger partial charge on any atom is 0.282 e. The van der Waals surface area contributed by atoms with Gasteiger partial charge in [0.2, 0.25) is 0 Å². The lowest BCUT2D eigenvalue weighted by Crippen LogP contribution is -2.20. The molecule has 0 aliphatic rings. The van der Waals surface area contributed by atoms with Crippen LogP contribution >= 0.6 is 31.9 Å². The molecular weight excluding hydrogens is 557 g/mol. The van der Waals surface area contributed by atoms with Gasteiger partial charge in [-0.05, 0) is 55.0 Å². The van der Waals surface area contributed by atoms with Crippen LogP contribution in [0, 0.1) is 12.7 Å². The average Bonchev–Trinajstić information content (AvgIpc) is 2.78. The Balaban J connectivity index is 1.74. The smallest absolute Gasteiger partial charge is 0.282 e. The summed E-state index contributed by atoms with van der Waals surface area (Å²) >= 11 is 6.84. The average molecular weight is 575 g/mol. The number of aromatic nitrogens is 2. The van der Waals surface area contributed by atoms with Crippen LogP contribution in [0.3, 0.4) is 0 Å². The van der Waals surface area contributed by atoms with Crippen molar-refractivity contribution in [3.8, 4) is 11.5 Å². The highest BCUT2D eigenvalue weighted by Crippen LogP contribution is 2.34. The molecule has 4 rings (SSSR count). The molecule has 0 aliphatic carbocycles. The third-order valence-corrected chi connectivity index (χ3v) is 5.77. The molecule has 0 radical (unpaired) electrons. The fourth-order valence-electron chi connectivity index (χ4n) is 3.29. The molecule has 0 amide bonds. The molecule has 3 aromatic carbocycles. The van der Waals surface area contributed by atoms with Gasteiger partial charge in [0.25, 0.3) is 5.56 Å². The number of aryl methyl sites for hydroxylation is 1. The molecule has 0 N–H and O–H groups in total. The minimum Gasteiger partial charge on any atom is -0.493 e. The largest absolute Gasteiger partial charge is 0.493 e. The van der Waals surface area contributed by atoms with E-state index in [1.807, 2.05) is 6.07 Å². The summed E-state index contributed by atoms with van der Waals surface area (Å²) < 4.78 is 27.7. The van der Waals surface area contributed by atoms with E-state index in [0.717, 1.165) is 8.95 Å². The lowest BCUT2D eigenvalue weighted by atomic mass is 10.2. The first-order valence-electron chi connectivity index (χ1n) is 9.84. The van der Waals surface area contributed by atoms with Crippen LogP contribution in [0.5, 0.6) is 11.5 Å². The van der Waals surface area contributed by atoms with Crippen LogP contribution in [0.4, 0.5) is 4.39 Å². The molecule has 1 heterocycles. The molecule has 33 heavy (non-hydrogen) atoms. The number of halogens is 3. The maximum atomic E-state index is 13.5. The number of fused-ring (bicyclic) bond motifs is 1. The maximum absolute atomic E-state index is 13.5. The van der Waals surface area contributed by atoms with Crippen LogP contribution in [0.25, 0.3) is 10.9 Å². The van der Waals surface area contributed by atoms with E-state index in [4.69, 9.17) is 9.47 Å². The molecule has 0 fully saturated rings. The summed E-state index contributed by atoms with van der Waals surface area (Å²) in [6.45, 7) is 1.84. The molecule has 4 aromatic rings. The fourth-order valence-corrected chi connectivity index (χ4v) is 4.10. The Morgan fingerprint density at radius 1 is 1.12 bits per heavy atom. The third-order valence-electron chi connectivity index (χ3n) is 4.82. The van der Waals surface area contributed by atoms with Gasteiger partial charge in [0.05, 0.1) is 24.2 Å². The molecule has 0 spiro atoms. The summed E-state index contributed by atoms with van der Waals surface area (Å²) in [7, 11) is 1.53. The second kappa shape index (κ2) is 9.84. The van der Waals surface area contributed by atoms with Crippen LogP contribution in [0.15, 0.2) is 73.4 Å². The highest BCUT2D eigenvalue weighted by atomic mass is 79.9. The minimum absolute atomic E-state index is 0.126. The number of nitrogens with zero attached hydrogens (tertiary/aromatic N) is 3. The summed E-state index contributed by atoms with van der Waals surface area (Å²) in [5.41, 5.74) is 1.53. The Morgan fingerprint density at radius 2 is 1.94 bits per heavy atom. The highest BCUT2D eigenvalue weighted by Gasteiger charge is 2.13. The van der Waals surface area contributed by atoms with Gasteiger partial charge in [-0.2, -0.15) is 9.78 Å². The van der Waals surface area contributed by atoms with Gasteiger partial charge in [-0.3, -0.25) is 4.79 Å². The molecule has 0 saturated heterocycles. The van der Waals surface area contributed by atoms with Crippen molar-refractivity contribution in [2.24, 2.45) is 5.10 Å². The Labute approximate surface area is 205 Å². The molecule has 0 saturated carbocycles. The van der Waals surface area contributed by atoms with Gasteiger partial charge in [0.15, 0.2) is 11.5 Å². The summed E-state index contributed by atoms with van der Waals surface area (Å²) in [6.07, 6.45) is 1.51. The SMILES string of the molecule is COc1cc(Br)cc(C=Nn2c(C)nc3ccc(Br)cc3c2=O)c1OCc1cccc(F)c1. The Hall–Kier alpha value is -3.04. The zero-order valence-corrected chi connectivity index (χ0v) is 20.9. The van der Waals surface area contributed by atoms with Crippen molar-refractivity contribution < 1.29 is 13.9 Å². The Bertz CT molecular complexity index is 1440. The van der Waals surface area contributed by atoms with E-state index in [9.17, 15) is 9.18 Å². The van der Waals surface area contributed by atoms with Crippen LogP contribution in [0.1, 0.15) is 17.0 Å². The van der Waals surface area contributed by atoms with E-state index < -0.39 is 0 Å². The summed E-state index contributed by atoms with van der Waals surface area (Å²) in [5.74, 6) is 0.976. The van der Waals surface area contributed by atoms with Gasteiger partial charge in [-0.1, -0.05) is 44.0 Å². The van der Waals surface area contributed by atoms with Gasteiger partial charge in [-0.25, -0.2) is 9.37 Å². The normalized spacial score (nSPS) is 11.3. The summed E-state index contributed by atoms with van der Waals surface area (Å²) in [6, 6.07) is 15.0. The lowest BCUT2D eigenvalue weighted by molar-refractivity contribution is 0.283. The third kappa shape index (κ3) is 5.15. The predicted molar refractivity (Wildman–Crippen MR) is 133 cm³/mol. The van der Waals surface area contributed by atoms with Gasteiger partial charge in [0.1, 0.15) is 18.2 Å². The second-order valence-corrected chi connectivity index (χ2v) is 8.96. The number of methoxy groups -OCH3 is 1. The van der Waals surface area contributed by atoms with E-state index in [1.54, 1.807) is 43.3 Å². The molecule has 168 valence electrons. The van der Waals surface area contributed by atoms with Crippen molar-refractivity contribution in [2.75, 3.05) is 7.11 Å². The van der Waals surface area contributed by atoms with Crippen molar-refractivity contribution in [3.05, 3.63) is 96.7 Å². The first-order valence-corrected chi connectivity index (χ1v) is 11.4. The second-order valence-electron chi connectivity index (χ2n) is 7.13. The lowest BCUT2D eigenvalue weighted by Gasteiger charge is -2.14.